The predicted octanol–water partition coefficient (Wildman–Crippen LogP) is 13.6. The third-order valence-electron chi connectivity index (χ3n) is 9.79. The number of carbonyl (C=O) groups is 3. The highest BCUT2D eigenvalue weighted by Gasteiger charge is 2.19. The van der Waals surface area contributed by atoms with Crippen LogP contribution in [0.5, 0.6) is 0 Å². The molecule has 0 amide bonds. The maximum Gasteiger partial charge on any atom is 0.306 e. The topological polar surface area (TPSA) is 78.9 Å². The smallest absolute Gasteiger partial charge is 0.306 e. The molecular formula is C44H84O6. The SMILES string of the molecule is CCCCCCCCCCCCC(=O)OC[C@@H](COC(=O)CCCCCCC)OC(=O)CCCCCCCCCCCCCCCCC(C)C. The van der Waals surface area contributed by atoms with Gasteiger partial charge in [0.25, 0.3) is 0 Å². The molecule has 0 aromatic heterocycles. The van der Waals surface area contributed by atoms with E-state index in [0.29, 0.717) is 19.3 Å². The number of esters is 3. The van der Waals surface area contributed by atoms with Gasteiger partial charge in [0.05, 0.1) is 0 Å². The summed E-state index contributed by atoms with van der Waals surface area (Å²) >= 11 is 0. The van der Waals surface area contributed by atoms with E-state index >= 15 is 0 Å². The Bertz CT molecular complexity index is 751. The van der Waals surface area contributed by atoms with Gasteiger partial charge in [0.2, 0.25) is 0 Å². The van der Waals surface area contributed by atoms with Gasteiger partial charge < -0.3 is 14.2 Å². The molecule has 0 N–H and O–H groups in total. The van der Waals surface area contributed by atoms with E-state index in [1.165, 1.54) is 128 Å². The number of rotatable bonds is 39. The van der Waals surface area contributed by atoms with Gasteiger partial charge >= 0.3 is 17.9 Å². The first-order valence-electron chi connectivity index (χ1n) is 21.9. The van der Waals surface area contributed by atoms with Gasteiger partial charge in [-0.05, 0) is 25.2 Å². The average Bonchev–Trinajstić information content (AvgIpc) is 3.09. The summed E-state index contributed by atoms with van der Waals surface area (Å²) in [6.07, 6.45) is 36.9. The summed E-state index contributed by atoms with van der Waals surface area (Å²) in [5.41, 5.74) is 0. The van der Waals surface area contributed by atoms with Crippen LogP contribution in [0.4, 0.5) is 0 Å². The minimum absolute atomic E-state index is 0.0651. The molecule has 6 nitrogen and oxygen atoms in total. The average molecular weight is 709 g/mol. The molecule has 0 saturated carbocycles. The largest absolute Gasteiger partial charge is 0.462 e. The summed E-state index contributed by atoms with van der Waals surface area (Å²) in [5, 5.41) is 0. The number of ether oxygens (including phenoxy) is 3. The highest BCUT2D eigenvalue weighted by atomic mass is 16.6. The summed E-state index contributed by atoms with van der Waals surface area (Å²) in [6, 6.07) is 0. The zero-order chi connectivity index (χ0) is 36.8. The Balaban J connectivity index is 4.16. The summed E-state index contributed by atoms with van der Waals surface area (Å²) in [7, 11) is 0. The van der Waals surface area contributed by atoms with Gasteiger partial charge in [-0.25, -0.2) is 0 Å². The van der Waals surface area contributed by atoms with E-state index in [1.54, 1.807) is 0 Å². The lowest BCUT2D eigenvalue weighted by molar-refractivity contribution is -0.167. The third kappa shape index (κ3) is 37.7. The Hall–Kier alpha value is -1.59. The second-order valence-corrected chi connectivity index (χ2v) is 15.5. The Morgan fingerprint density at radius 2 is 0.660 bits per heavy atom. The van der Waals surface area contributed by atoms with Gasteiger partial charge in [0.1, 0.15) is 13.2 Å². The van der Waals surface area contributed by atoms with Crippen LogP contribution in [0, 0.1) is 5.92 Å². The maximum atomic E-state index is 12.6. The Kier molecular flexibility index (Phi) is 37.4. The fraction of sp³-hybridized carbons (Fsp3) is 0.932. The molecule has 1 atom stereocenters. The normalized spacial score (nSPS) is 11.9. The second kappa shape index (κ2) is 38.6. The van der Waals surface area contributed by atoms with E-state index in [2.05, 4.69) is 27.7 Å². The van der Waals surface area contributed by atoms with Crippen LogP contribution in [0.25, 0.3) is 0 Å². The summed E-state index contributed by atoms with van der Waals surface area (Å²) in [5.74, 6) is -0.0282. The second-order valence-electron chi connectivity index (χ2n) is 15.5. The number of unbranched alkanes of at least 4 members (excludes halogenated alkanes) is 26. The maximum absolute atomic E-state index is 12.6. The van der Waals surface area contributed by atoms with Crippen molar-refractivity contribution in [3.05, 3.63) is 0 Å². The number of carbonyl (C=O) groups excluding carboxylic acids is 3. The molecule has 0 fully saturated rings. The van der Waals surface area contributed by atoms with Gasteiger partial charge in [-0.1, -0.05) is 201 Å². The lowest BCUT2D eigenvalue weighted by Gasteiger charge is -2.18. The number of hydrogen-bond acceptors (Lipinski definition) is 6. The van der Waals surface area contributed by atoms with Gasteiger partial charge in [-0.3, -0.25) is 14.4 Å². The fourth-order valence-corrected chi connectivity index (χ4v) is 6.45. The van der Waals surface area contributed by atoms with Crippen LogP contribution in [0.1, 0.15) is 240 Å². The molecule has 0 rings (SSSR count). The van der Waals surface area contributed by atoms with Crippen molar-refractivity contribution in [3.63, 3.8) is 0 Å². The van der Waals surface area contributed by atoms with Crippen molar-refractivity contribution < 1.29 is 28.6 Å². The van der Waals surface area contributed by atoms with E-state index in [4.69, 9.17) is 14.2 Å². The standard InChI is InChI=1S/C44H84O6/c1-5-7-9-11-12-13-21-24-28-32-36-43(46)49-39-41(38-48-42(45)35-31-26-10-8-6-2)50-44(47)37-33-29-25-22-19-17-15-14-16-18-20-23-27-30-34-40(3)4/h40-41H,5-39H2,1-4H3/t41-/m1/s1. The van der Waals surface area contributed by atoms with Gasteiger partial charge in [0, 0.05) is 19.3 Å². The molecule has 0 aliphatic rings. The molecular weight excluding hydrogens is 624 g/mol. The molecule has 0 bridgehead atoms. The van der Waals surface area contributed by atoms with E-state index in [-0.39, 0.29) is 31.1 Å². The molecule has 0 aliphatic heterocycles. The highest BCUT2D eigenvalue weighted by molar-refractivity contribution is 5.71. The fourth-order valence-electron chi connectivity index (χ4n) is 6.45. The molecule has 0 saturated heterocycles. The lowest BCUT2D eigenvalue weighted by atomic mass is 10.0. The molecule has 0 aliphatic carbocycles. The van der Waals surface area contributed by atoms with Crippen molar-refractivity contribution >= 4 is 17.9 Å². The molecule has 0 aromatic carbocycles. The molecule has 296 valence electrons. The predicted molar refractivity (Wildman–Crippen MR) is 210 cm³/mol. The Morgan fingerprint density at radius 1 is 0.380 bits per heavy atom. The Labute approximate surface area is 310 Å². The molecule has 0 spiro atoms. The van der Waals surface area contributed by atoms with Gasteiger partial charge in [-0.2, -0.15) is 0 Å². The van der Waals surface area contributed by atoms with Crippen LogP contribution in [0.2, 0.25) is 0 Å². The van der Waals surface area contributed by atoms with Crippen LogP contribution < -0.4 is 0 Å². The van der Waals surface area contributed by atoms with Crippen LogP contribution in [0.15, 0.2) is 0 Å². The van der Waals surface area contributed by atoms with Crippen molar-refractivity contribution in [1.82, 2.24) is 0 Å². The Morgan fingerprint density at radius 3 is 0.980 bits per heavy atom. The van der Waals surface area contributed by atoms with Gasteiger partial charge in [0.15, 0.2) is 6.10 Å². The lowest BCUT2D eigenvalue weighted by Crippen LogP contribution is -2.30. The van der Waals surface area contributed by atoms with E-state index in [0.717, 1.165) is 70.1 Å². The van der Waals surface area contributed by atoms with Crippen LogP contribution in [0.3, 0.4) is 0 Å². The van der Waals surface area contributed by atoms with Crippen molar-refractivity contribution in [2.75, 3.05) is 13.2 Å². The van der Waals surface area contributed by atoms with Gasteiger partial charge in [-0.15, -0.1) is 0 Å². The molecule has 0 radical (unpaired) electrons. The van der Waals surface area contributed by atoms with Crippen molar-refractivity contribution in [2.24, 2.45) is 5.92 Å². The summed E-state index contributed by atoms with van der Waals surface area (Å²) < 4.78 is 16.6. The van der Waals surface area contributed by atoms with Crippen LogP contribution in [-0.4, -0.2) is 37.2 Å². The van der Waals surface area contributed by atoms with Crippen molar-refractivity contribution in [2.45, 2.75) is 246 Å². The van der Waals surface area contributed by atoms with E-state index < -0.39 is 6.10 Å². The van der Waals surface area contributed by atoms with Crippen LogP contribution in [-0.2, 0) is 28.6 Å². The highest BCUT2D eigenvalue weighted by Crippen LogP contribution is 2.16. The first kappa shape index (κ1) is 48.4. The molecule has 0 unspecified atom stereocenters. The summed E-state index contributed by atoms with van der Waals surface area (Å²) in [4.78, 5) is 37.3. The quantitative estimate of drug-likeness (QED) is 0.0359. The van der Waals surface area contributed by atoms with Crippen molar-refractivity contribution in [3.8, 4) is 0 Å². The summed E-state index contributed by atoms with van der Waals surface area (Å²) in [6.45, 7) is 8.91. The first-order chi connectivity index (χ1) is 24.4. The molecule has 50 heavy (non-hydrogen) atoms. The van der Waals surface area contributed by atoms with Crippen molar-refractivity contribution in [1.29, 1.82) is 0 Å². The minimum Gasteiger partial charge on any atom is -0.462 e. The van der Waals surface area contributed by atoms with E-state index in [9.17, 15) is 14.4 Å². The molecule has 6 heteroatoms. The third-order valence-corrected chi connectivity index (χ3v) is 9.79. The van der Waals surface area contributed by atoms with E-state index in [1.807, 2.05) is 0 Å². The molecule has 0 aromatic rings. The molecule has 0 heterocycles. The van der Waals surface area contributed by atoms with Crippen LogP contribution >= 0.6 is 0 Å². The zero-order valence-corrected chi connectivity index (χ0v) is 33.9. The minimum atomic E-state index is -0.756. The first-order valence-corrected chi connectivity index (χ1v) is 21.9. The monoisotopic (exact) mass is 709 g/mol. The zero-order valence-electron chi connectivity index (χ0n) is 33.9. The number of hydrogen-bond donors (Lipinski definition) is 0.